The van der Waals surface area contributed by atoms with Crippen LogP contribution in [0.2, 0.25) is 0 Å². The highest BCUT2D eigenvalue weighted by Crippen LogP contribution is 2.46. The molecule has 9 aromatic carbocycles. The van der Waals surface area contributed by atoms with Gasteiger partial charge < -0.3 is 13.4 Å². The number of para-hydroxylation sites is 2. The topological polar surface area (TPSA) is 31.2 Å². The van der Waals surface area contributed by atoms with E-state index in [1.807, 2.05) is 18.4 Å². The Balaban J connectivity index is 1.07. The molecule has 0 saturated heterocycles. The summed E-state index contributed by atoms with van der Waals surface area (Å²) in [4.78, 5) is 0. The first-order chi connectivity index (χ1) is 27.3. The summed E-state index contributed by atoms with van der Waals surface area (Å²) in [5.41, 5.74) is 13.1. The van der Waals surface area contributed by atoms with Crippen molar-refractivity contribution in [2.24, 2.45) is 0 Å². The van der Waals surface area contributed by atoms with E-state index in [9.17, 15) is 0 Å². The number of nitrogens with zero attached hydrogens (tertiary/aromatic N) is 1. The summed E-state index contributed by atoms with van der Waals surface area (Å²) < 4.78 is 15.0. The van der Waals surface area contributed by atoms with Gasteiger partial charge in [0.25, 0.3) is 0 Å². The number of hydrogen-bond donors (Lipinski definition) is 0. The molecule has 0 aliphatic carbocycles. The van der Waals surface area contributed by atoms with Gasteiger partial charge in [0.1, 0.15) is 16.7 Å². The van der Waals surface area contributed by atoms with Crippen molar-refractivity contribution in [3.8, 4) is 39.1 Å². The van der Waals surface area contributed by atoms with Crippen LogP contribution in [0.25, 0.3) is 115 Å². The summed E-state index contributed by atoms with van der Waals surface area (Å²) in [5.74, 6) is 0. The van der Waals surface area contributed by atoms with Gasteiger partial charge in [-0.05, 0) is 97.9 Å². The lowest BCUT2D eigenvalue weighted by molar-refractivity contribution is 0.614. The summed E-state index contributed by atoms with van der Waals surface area (Å²) in [5, 5.41) is 10.6. The Kier molecular flexibility index (Phi) is 6.34. The van der Waals surface area contributed by atoms with Crippen LogP contribution in [-0.2, 0) is 0 Å². The molecule has 256 valence electrons. The van der Waals surface area contributed by atoms with E-state index in [4.69, 9.17) is 8.83 Å². The molecule has 3 nitrogen and oxygen atoms in total. The predicted molar refractivity (Wildman–Crippen MR) is 229 cm³/mol. The smallest absolute Gasteiger partial charge is 0.139 e. The highest BCUT2D eigenvalue weighted by molar-refractivity contribution is 6.23. The lowest BCUT2D eigenvalue weighted by Gasteiger charge is -2.18. The zero-order valence-electron chi connectivity index (χ0n) is 29.7. The van der Waals surface area contributed by atoms with Crippen molar-refractivity contribution in [3.63, 3.8) is 0 Å². The highest BCUT2D eigenvalue weighted by atomic mass is 16.3. The van der Waals surface area contributed by atoms with Crippen LogP contribution < -0.4 is 0 Å². The maximum atomic E-state index is 6.60. The molecule has 3 heterocycles. The van der Waals surface area contributed by atoms with E-state index in [1.54, 1.807) is 0 Å². The number of benzene rings is 9. The van der Waals surface area contributed by atoms with Gasteiger partial charge in [-0.1, -0.05) is 127 Å². The van der Waals surface area contributed by atoms with Gasteiger partial charge in [-0.3, -0.25) is 0 Å². The first kappa shape index (κ1) is 30.1. The maximum absolute atomic E-state index is 6.60. The standard InChI is InChI=1S/C52H31NO2/c1-3-13-32(14-4-1)45-31-54-48-30-50-43(29-44(45)48)37-25-23-34(28-49(37)55-50)52-40-20-9-7-18-38(40)51(39-19-8-10-21-41(39)52)33-24-26-47-42(27-33)36-17-11-12-22-46(36)53(47)35-15-5-2-6-16-35/h1-31H. The molecule has 0 amide bonds. The third kappa shape index (κ3) is 4.44. The number of rotatable bonds is 4. The fourth-order valence-electron chi connectivity index (χ4n) is 9.03. The van der Waals surface area contributed by atoms with Crippen LogP contribution in [-0.4, -0.2) is 4.57 Å². The molecule has 3 heteroatoms. The summed E-state index contributed by atoms with van der Waals surface area (Å²) >= 11 is 0. The zero-order valence-corrected chi connectivity index (χ0v) is 29.7. The Morgan fingerprint density at radius 2 is 0.891 bits per heavy atom. The summed E-state index contributed by atoms with van der Waals surface area (Å²) in [6.07, 6.45) is 1.85. The Morgan fingerprint density at radius 3 is 1.60 bits per heavy atom. The molecular formula is C52H31NO2. The molecule has 0 unspecified atom stereocenters. The lowest BCUT2D eigenvalue weighted by atomic mass is 9.85. The minimum Gasteiger partial charge on any atom is -0.464 e. The van der Waals surface area contributed by atoms with Gasteiger partial charge in [0.15, 0.2) is 0 Å². The fraction of sp³-hybridized carbons (Fsp3) is 0. The van der Waals surface area contributed by atoms with Crippen LogP contribution in [0.15, 0.2) is 197 Å². The highest BCUT2D eigenvalue weighted by Gasteiger charge is 2.20. The molecule has 0 atom stereocenters. The van der Waals surface area contributed by atoms with E-state index >= 15 is 0 Å². The molecule has 0 fully saturated rings. The number of hydrogen-bond acceptors (Lipinski definition) is 2. The average molecular weight is 702 g/mol. The second kappa shape index (κ2) is 11.6. The molecule has 12 aromatic rings. The minimum absolute atomic E-state index is 0.820. The van der Waals surface area contributed by atoms with Crippen LogP contribution in [0.4, 0.5) is 0 Å². The van der Waals surface area contributed by atoms with Crippen LogP contribution >= 0.6 is 0 Å². The molecular weight excluding hydrogens is 671 g/mol. The molecule has 0 spiro atoms. The molecule has 0 aliphatic rings. The SMILES string of the molecule is c1ccc(-c2coc3cc4oc5cc(-c6c7ccccc7c(-c7ccc8c(c7)c7ccccc7n8-c7ccccc7)c7ccccc67)ccc5c4cc23)cc1. The van der Waals surface area contributed by atoms with Crippen molar-refractivity contribution in [1.82, 2.24) is 4.57 Å². The van der Waals surface area contributed by atoms with Gasteiger partial charge in [0, 0.05) is 44.2 Å². The maximum Gasteiger partial charge on any atom is 0.139 e. The fourth-order valence-corrected chi connectivity index (χ4v) is 9.03. The van der Waals surface area contributed by atoms with Crippen molar-refractivity contribution >= 4 is 76.3 Å². The third-order valence-corrected chi connectivity index (χ3v) is 11.4. The molecule has 3 aromatic heterocycles. The van der Waals surface area contributed by atoms with Gasteiger partial charge >= 0.3 is 0 Å². The minimum atomic E-state index is 0.820. The Hall–Kier alpha value is -7.36. The Bertz CT molecular complexity index is 3420. The second-order valence-corrected chi connectivity index (χ2v) is 14.4. The van der Waals surface area contributed by atoms with Gasteiger partial charge in [-0.25, -0.2) is 0 Å². The number of fused-ring (bicyclic) bond motifs is 9. The van der Waals surface area contributed by atoms with E-state index < -0.39 is 0 Å². The monoisotopic (exact) mass is 701 g/mol. The molecule has 0 bridgehead atoms. The first-order valence-electron chi connectivity index (χ1n) is 18.7. The van der Waals surface area contributed by atoms with Gasteiger partial charge in [0.05, 0.1) is 17.3 Å². The first-order valence-corrected chi connectivity index (χ1v) is 18.7. The molecule has 55 heavy (non-hydrogen) atoms. The van der Waals surface area contributed by atoms with Crippen LogP contribution in [0.5, 0.6) is 0 Å². The zero-order chi connectivity index (χ0) is 36.0. The van der Waals surface area contributed by atoms with E-state index in [-0.39, 0.29) is 0 Å². The quantitative estimate of drug-likeness (QED) is 0.171. The molecule has 12 rings (SSSR count). The van der Waals surface area contributed by atoms with E-state index in [0.29, 0.717) is 0 Å². The van der Waals surface area contributed by atoms with Crippen LogP contribution in [0.3, 0.4) is 0 Å². The summed E-state index contributed by atoms with van der Waals surface area (Å²) in [6, 6.07) is 65.4. The molecule has 0 saturated carbocycles. The summed E-state index contributed by atoms with van der Waals surface area (Å²) in [7, 11) is 0. The van der Waals surface area contributed by atoms with Crippen molar-refractivity contribution < 1.29 is 8.83 Å². The van der Waals surface area contributed by atoms with Crippen molar-refractivity contribution in [2.45, 2.75) is 0 Å². The Labute approximate surface area is 315 Å². The summed E-state index contributed by atoms with van der Waals surface area (Å²) in [6.45, 7) is 0. The van der Waals surface area contributed by atoms with Gasteiger partial charge in [-0.15, -0.1) is 0 Å². The van der Waals surface area contributed by atoms with Crippen LogP contribution in [0.1, 0.15) is 0 Å². The molecule has 0 radical (unpaired) electrons. The molecule has 0 N–H and O–H groups in total. The van der Waals surface area contributed by atoms with Crippen molar-refractivity contribution in [1.29, 1.82) is 0 Å². The molecule has 0 aliphatic heterocycles. The van der Waals surface area contributed by atoms with E-state index in [0.717, 1.165) is 55.3 Å². The van der Waals surface area contributed by atoms with E-state index in [2.05, 4.69) is 174 Å². The normalized spacial score (nSPS) is 12.0. The van der Waals surface area contributed by atoms with Crippen LogP contribution in [0, 0.1) is 0 Å². The largest absolute Gasteiger partial charge is 0.464 e. The Morgan fingerprint density at radius 1 is 0.327 bits per heavy atom. The van der Waals surface area contributed by atoms with E-state index in [1.165, 1.54) is 60.0 Å². The predicted octanol–water partition coefficient (Wildman–Crippen LogP) is 14.7. The third-order valence-electron chi connectivity index (χ3n) is 11.4. The van der Waals surface area contributed by atoms with Gasteiger partial charge in [-0.2, -0.15) is 0 Å². The second-order valence-electron chi connectivity index (χ2n) is 14.4. The van der Waals surface area contributed by atoms with Crippen molar-refractivity contribution in [3.05, 3.63) is 188 Å². The van der Waals surface area contributed by atoms with Crippen molar-refractivity contribution in [2.75, 3.05) is 0 Å². The lowest BCUT2D eigenvalue weighted by Crippen LogP contribution is -1.93. The van der Waals surface area contributed by atoms with Gasteiger partial charge in [0.2, 0.25) is 0 Å². The number of furan rings is 2. The number of aromatic nitrogens is 1. The average Bonchev–Trinajstić information content (AvgIpc) is 3.93.